The van der Waals surface area contributed by atoms with Crippen LogP contribution in [0.1, 0.15) is 24.1 Å². The Kier molecular flexibility index (Phi) is 8.48. The molecule has 1 atom stereocenters. The Morgan fingerprint density at radius 3 is 2.59 bits per heavy atom. The fourth-order valence-electron chi connectivity index (χ4n) is 2.54. The van der Waals surface area contributed by atoms with Crippen molar-refractivity contribution in [3.63, 3.8) is 0 Å². The highest BCUT2D eigenvalue weighted by Crippen LogP contribution is 2.30. The van der Waals surface area contributed by atoms with Gasteiger partial charge in [-0.1, -0.05) is 24.3 Å². The van der Waals surface area contributed by atoms with E-state index in [1.165, 1.54) is 5.56 Å². The van der Waals surface area contributed by atoms with E-state index in [1.54, 1.807) is 26.0 Å². The van der Waals surface area contributed by atoms with Gasteiger partial charge in [-0.15, -0.1) is 11.8 Å². The molecule has 2 aromatic rings. The molecule has 0 saturated heterocycles. The molecule has 0 aliphatic heterocycles. The van der Waals surface area contributed by atoms with Crippen molar-refractivity contribution in [3.8, 4) is 11.5 Å². The maximum atomic E-state index is 12.3. The van der Waals surface area contributed by atoms with Gasteiger partial charge in [-0.05, 0) is 43.2 Å². The Labute approximate surface area is 165 Å². The number of ether oxygens (including phenoxy) is 3. The van der Waals surface area contributed by atoms with Gasteiger partial charge in [-0.2, -0.15) is 0 Å². The fourth-order valence-corrected chi connectivity index (χ4v) is 3.38. The Hall–Kier alpha value is -2.18. The minimum atomic E-state index is -0.128. The number of thioether (sulfide) groups is 1. The van der Waals surface area contributed by atoms with Crippen LogP contribution in [0.15, 0.2) is 47.4 Å². The zero-order chi connectivity index (χ0) is 19.6. The van der Waals surface area contributed by atoms with Crippen LogP contribution in [0.2, 0.25) is 0 Å². The van der Waals surface area contributed by atoms with Gasteiger partial charge in [0.1, 0.15) is 6.61 Å². The molecule has 2 rings (SSSR count). The molecule has 0 saturated carbocycles. The second-order valence-electron chi connectivity index (χ2n) is 6.09. The second kappa shape index (κ2) is 10.8. The molecule has 1 N–H and O–H groups in total. The average Bonchev–Trinajstić information content (AvgIpc) is 2.67. The summed E-state index contributed by atoms with van der Waals surface area (Å²) < 4.78 is 16.0. The summed E-state index contributed by atoms with van der Waals surface area (Å²) in [6.07, 6.45) is 0. The van der Waals surface area contributed by atoms with Gasteiger partial charge >= 0.3 is 0 Å². The molecule has 0 fully saturated rings. The molecular weight excluding hydrogens is 362 g/mol. The third kappa shape index (κ3) is 6.48. The first-order valence-corrected chi connectivity index (χ1v) is 9.81. The van der Waals surface area contributed by atoms with Gasteiger partial charge in [0.2, 0.25) is 5.91 Å². The van der Waals surface area contributed by atoms with Gasteiger partial charge < -0.3 is 19.5 Å². The molecule has 0 aliphatic carbocycles. The molecule has 5 nitrogen and oxygen atoms in total. The SMILES string of the molecule is COCCOc1ccc(C(C)NC(=O)CSc2ccccc2C)cc1OC. The zero-order valence-electron chi connectivity index (χ0n) is 16.3. The summed E-state index contributed by atoms with van der Waals surface area (Å²) in [5, 5.41) is 3.03. The lowest BCUT2D eigenvalue weighted by Crippen LogP contribution is -2.28. The van der Waals surface area contributed by atoms with Crippen molar-refractivity contribution in [2.24, 2.45) is 0 Å². The van der Waals surface area contributed by atoms with Crippen LogP contribution in [0.25, 0.3) is 0 Å². The number of benzene rings is 2. The van der Waals surface area contributed by atoms with E-state index in [0.717, 1.165) is 10.5 Å². The quantitative estimate of drug-likeness (QED) is 0.492. The Bertz CT molecular complexity index is 751. The normalized spacial score (nSPS) is 11.7. The molecular formula is C21H27NO4S. The lowest BCUT2D eigenvalue weighted by atomic mass is 10.1. The Morgan fingerprint density at radius 2 is 1.89 bits per heavy atom. The first-order chi connectivity index (χ1) is 13.0. The highest BCUT2D eigenvalue weighted by molar-refractivity contribution is 8.00. The van der Waals surface area contributed by atoms with Gasteiger partial charge in [0.15, 0.2) is 11.5 Å². The number of nitrogens with one attached hydrogen (secondary N) is 1. The van der Waals surface area contributed by atoms with Crippen molar-refractivity contribution < 1.29 is 19.0 Å². The molecule has 27 heavy (non-hydrogen) atoms. The lowest BCUT2D eigenvalue weighted by Gasteiger charge is -2.17. The molecule has 0 spiro atoms. The molecule has 2 aromatic carbocycles. The third-order valence-electron chi connectivity index (χ3n) is 4.06. The van der Waals surface area contributed by atoms with Crippen molar-refractivity contribution in [1.82, 2.24) is 5.32 Å². The number of carbonyl (C=O) groups is 1. The van der Waals surface area contributed by atoms with E-state index in [0.29, 0.717) is 30.5 Å². The first kappa shape index (κ1) is 21.1. The number of rotatable bonds is 10. The molecule has 0 heterocycles. The van der Waals surface area contributed by atoms with E-state index in [2.05, 4.69) is 5.32 Å². The summed E-state index contributed by atoms with van der Waals surface area (Å²) in [5.41, 5.74) is 2.14. The van der Waals surface area contributed by atoms with E-state index in [9.17, 15) is 4.79 Å². The van der Waals surface area contributed by atoms with Crippen molar-refractivity contribution in [1.29, 1.82) is 0 Å². The zero-order valence-corrected chi connectivity index (χ0v) is 17.1. The molecule has 6 heteroatoms. The van der Waals surface area contributed by atoms with E-state index >= 15 is 0 Å². The van der Waals surface area contributed by atoms with Crippen molar-refractivity contribution >= 4 is 17.7 Å². The van der Waals surface area contributed by atoms with Crippen molar-refractivity contribution in [3.05, 3.63) is 53.6 Å². The number of hydrogen-bond acceptors (Lipinski definition) is 5. The molecule has 0 bridgehead atoms. The van der Waals surface area contributed by atoms with Crippen molar-refractivity contribution in [2.45, 2.75) is 24.8 Å². The van der Waals surface area contributed by atoms with E-state index in [4.69, 9.17) is 14.2 Å². The average molecular weight is 390 g/mol. The maximum absolute atomic E-state index is 12.3. The summed E-state index contributed by atoms with van der Waals surface area (Å²) in [4.78, 5) is 13.4. The predicted molar refractivity (Wildman–Crippen MR) is 109 cm³/mol. The van der Waals surface area contributed by atoms with Crippen LogP contribution in [-0.2, 0) is 9.53 Å². The predicted octanol–water partition coefficient (Wildman–Crippen LogP) is 4.00. The summed E-state index contributed by atoms with van der Waals surface area (Å²) in [7, 11) is 3.23. The van der Waals surface area contributed by atoms with Crippen LogP contribution in [-0.4, -0.2) is 39.1 Å². The van der Waals surface area contributed by atoms with Gasteiger partial charge in [-0.3, -0.25) is 4.79 Å². The lowest BCUT2D eigenvalue weighted by molar-refractivity contribution is -0.119. The van der Waals surface area contributed by atoms with Crippen LogP contribution in [0, 0.1) is 6.92 Å². The van der Waals surface area contributed by atoms with Crippen LogP contribution in [0.3, 0.4) is 0 Å². The third-order valence-corrected chi connectivity index (χ3v) is 5.24. The highest BCUT2D eigenvalue weighted by atomic mass is 32.2. The summed E-state index contributed by atoms with van der Waals surface area (Å²) in [5.74, 6) is 1.67. The largest absolute Gasteiger partial charge is 0.493 e. The summed E-state index contributed by atoms with van der Waals surface area (Å²) in [6.45, 7) is 4.96. The van der Waals surface area contributed by atoms with Gasteiger partial charge in [0.05, 0.1) is 25.5 Å². The van der Waals surface area contributed by atoms with Gasteiger partial charge in [0, 0.05) is 12.0 Å². The van der Waals surface area contributed by atoms with Crippen molar-refractivity contribution in [2.75, 3.05) is 33.2 Å². The van der Waals surface area contributed by atoms with E-state index in [1.807, 2.05) is 56.3 Å². The highest BCUT2D eigenvalue weighted by Gasteiger charge is 2.13. The minimum Gasteiger partial charge on any atom is -0.493 e. The number of methoxy groups -OCH3 is 2. The number of carbonyl (C=O) groups excluding carboxylic acids is 1. The number of aryl methyl sites for hydroxylation is 1. The van der Waals surface area contributed by atoms with E-state index in [-0.39, 0.29) is 11.9 Å². The van der Waals surface area contributed by atoms with Gasteiger partial charge in [0.25, 0.3) is 0 Å². The molecule has 0 aliphatic rings. The summed E-state index contributed by atoms with van der Waals surface area (Å²) >= 11 is 1.55. The number of hydrogen-bond donors (Lipinski definition) is 1. The van der Waals surface area contributed by atoms with E-state index < -0.39 is 0 Å². The Balaban J connectivity index is 1.93. The molecule has 0 aromatic heterocycles. The second-order valence-corrected chi connectivity index (χ2v) is 7.11. The number of amides is 1. The van der Waals surface area contributed by atoms with Crippen LogP contribution >= 0.6 is 11.8 Å². The molecule has 0 radical (unpaired) electrons. The molecule has 146 valence electrons. The van der Waals surface area contributed by atoms with Crippen LogP contribution < -0.4 is 14.8 Å². The van der Waals surface area contributed by atoms with Gasteiger partial charge in [-0.25, -0.2) is 0 Å². The molecule has 1 unspecified atom stereocenters. The molecule has 1 amide bonds. The van der Waals surface area contributed by atoms with Crippen LogP contribution in [0.5, 0.6) is 11.5 Å². The summed E-state index contributed by atoms with van der Waals surface area (Å²) in [6, 6.07) is 13.6. The maximum Gasteiger partial charge on any atom is 0.230 e. The first-order valence-electron chi connectivity index (χ1n) is 8.82. The monoisotopic (exact) mass is 389 g/mol. The fraction of sp³-hybridized carbons (Fsp3) is 0.381. The minimum absolute atomic E-state index is 0.00450. The topological polar surface area (TPSA) is 56.8 Å². The smallest absolute Gasteiger partial charge is 0.230 e. The standard InChI is InChI=1S/C21H27NO4S/c1-15-7-5-6-8-20(15)27-14-21(23)22-16(2)17-9-10-18(19(13-17)25-4)26-12-11-24-3/h5-10,13,16H,11-12,14H2,1-4H3,(H,22,23). The van der Waals surface area contributed by atoms with Crippen LogP contribution in [0.4, 0.5) is 0 Å². The Morgan fingerprint density at radius 1 is 1.11 bits per heavy atom.